The molecule has 0 unspecified atom stereocenters. The summed E-state index contributed by atoms with van der Waals surface area (Å²) in [6, 6.07) is 5.29. The van der Waals surface area contributed by atoms with E-state index in [1.807, 2.05) is 37.8 Å². The molecule has 0 saturated carbocycles. The standard InChI is InChI=1S/C18H26ClN3O2/c1-4-12(2)17(23)22-9-7-14(8-10-22)20-18(24)21-15-6-5-13(3)16(19)11-15/h5-6,11-12,14H,4,7-10H2,1-3H3,(H2,20,21,24)/t12-/m0/s1. The van der Waals surface area contributed by atoms with E-state index in [9.17, 15) is 9.59 Å². The number of nitrogens with one attached hydrogen (secondary N) is 2. The minimum Gasteiger partial charge on any atom is -0.342 e. The monoisotopic (exact) mass is 351 g/mol. The van der Waals surface area contributed by atoms with E-state index in [1.54, 1.807) is 6.07 Å². The van der Waals surface area contributed by atoms with Gasteiger partial charge >= 0.3 is 6.03 Å². The van der Waals surface area contributed by atoms with Gasteiger partial charge in [0.15, 0.2) is 0 Å². The summed E-state index contributed by atoms with van der Waals surface area (Å²) >= 11 is 6.06. The fraction of sp³-hybridized carbons (Fsp3) is 0.556. The van der Waals surface area contributed by atoms with Gasteiger partial charge in [-0.25, -0.2) is 4.79 Å². The topological polar surface area (TPSA) is 61.4 Å². The summed E-state index contributed by atoms with van der Waals surface area (Å²) in [7, 11) is 0. The van der Waals surface area contributed by atoms with Crippen LogP contribution in [0.15, 0.2) is 18.2 Å². The van der Waals surface area contributed by atoms with Gasteiger partial charge < -0.3 is 15.5 Å². The molecule has 1 aromatic rings. The number of carbonyl (C=O) groups is 2. The Balaban J connectivity index is 1.80. The number of rotatable bonds is 4. The van der Waals surface area contributed by atoms with E-state index in [-0.39, 0.29) is 23.9 Å². The molecular weight excluding hydrogens is 326 g/mol. The summed E-state index contributed by atoms with van der Waals surface area (Å²) in [4.78, 5) is 26.2. The fourth-order valence-corrected chi connectivity index (χ4v) is 2.93. The number of hydrogen-bond donors (Lipinski definition) is 2. The van der Waals surface area contributed by atoms with Crippen molar-refractivity contribution < 1.29 is 9.59 Å². The van der Waals surface area contributed by atoms with Crippen LogP contribution in [0.5, 0.6) is 0 Å². The van der Waals surface area contributed by atoms with Gasteiger partial charge in [0.25, 0.3) is 0 Å². The highest BCUT2D eigenvalue weighted by atomic mass is 35.5. The lowest BCUT2D eigenvalue weighted by atomic mass is 10.0. The summed E-state index contributed by atoms with van der Waals surface area (Å²) in [5, 5.41) is 6.41. The van der Waals surface area contributed by atoms with Crippen molar-refractivity contribution in [3.8, 4) is 0 Å². The Morgan fingerprint density at radius 2 is 2.00 bits per heavy atom. The number of carbonyl (C=O) groups excluding carboxylic acids is 2. The predicted molar refractivity (Wildman–Crippen MR) is 97.4 cm³/mol. The molecule has 0 bridgehead atoms. The zero-order valence-electron chi connectivity index (χ0n) is 14.6. The number of piperidine rings is 1. The van der Waals surface area contributed by atoms with Crippen molar-refractivity contribution in [1.82, 2.24) is 10.2 Å². The molecule has 6 heteroatoms. The second kappa shape index (κ2) is 8.38. The van der Waals surface area contributed by atoms with Gasteiger partial charge in [-0.1, -0.05) is 31.5 Å². The Labute approximate surface area is 148 Å². The molecule has 1 aromatic carbocycles. The smallest absolute Gasteiger partial charge is 0.319 e. The van der Waals surface area contributed by atoms with Crippen LogP contribution in [0.2, 0.25) is 5.02 Å². The molecule has 3 amide bonds. The third-order valence-electron chi connectivity index (χ3n) is 4.61. The maximum absolute atomic E-state index is 12.2. The Morgan fingerprint density at radius 3 is 2.58 bits per heavy atom. The number of halogens is 1. The molecule has 132 valence electrons. The van der Waals surface area contributed by atoms with Gasteiger partial charge in [0.2, 0.25) is 5.91 Å². The van der Waals surface area contributed by atoms with Gasteiger partial charge in [-0.3, -0.25) is 4.79 Å². The van der Waals surface area contributed by atoms with Gasteiger partial charge in [-0.15, -0.1) is 0 Å². The number of aryl methyl sites for hydroxylation is 1. The number of nitrogens with zero attached hydrogens (tertiary/aromatic N) is 1. The Kier molecular flexibility index (Phi) is 6.49. The van der Waals surface area contributed by atoms with Crippen LogP contribution in [0.4, 0.5) is 10.5 Å². The van der Waals surface area contributed by atoms with Crippen LogP contribution in [-0.2, 0) is 4.79 Å². The van der Waals surface area contributed by atoms with Gasteiger partial charge in [-0.05, 0) is 43.9 Å². The van der Waals surface area contributed by atoms with Crippen LogP contribution < -0.4 is 10.6 Å². The minimum absolute atomic E-state index is 0.0732. The maximum atomic E-state index is 12.2. The van der Waals surface area contributed by atoms with E-state index >= 15 is 0 Å². The molecular formula is C18H26ClN3O2. The number of amides is 3. The van der Waals surface area contributed by atoms with Crippen molar-refractivity contribution in [2.45, 2.75) is 46.1 Å². The van der Waals surface area contributed by atoms with Crippen molar-refractivity contribution in [2.24, 2.45) is 5.92 Å². The Hall–Kier alpha value is -1.75. The highest BCUT2D eigenvalue weighted by molar-refractivity contribution is 6.31. The molecule has 2 rings (SSSR count). The Bertz CT molecular complexity index is 598. The first kappa shape index (κ1) is 18.6. The second-order valence-electron chi connectivity index (χ2n) is 6.47. The first-order valence-electron chi connectivity index (χ1n) is 8.53. The van der Waals surface area contributed by atoms with Crippen molar-refractivity contribution in [3.05, 3.63) is 28.8 Å². The average Bonchev–Trinajstić information content (AvgIpc) is 2.57. The molecule has 1 aliphatic rings. The number of benzene rings is 1. The summed E-state index contributed by atoms with van der Waals surface area (Å²) in [6.45, 7) is 7.31. The number of anilines is 1. The first-order valence-corrected chi connectivity index (χ1v) is 8.91. The number of hydrogen-bond acceptors (Lipinski definition) is 2. The summed E-state index contributed by atoms with van der Waals surface area (Å²) in [5.74, 6) is 0.291. The number of likely N-dealkylation sites (tertiary alicyclic amines) is 1. The van der Waals surface area contributed by atoms with Crippen LogP contribution in [-0.4, -0.2) is 36.0 Å². The molecule has 0 spiro atoms. The van der Waals surface area contributed by atoms with Crippen LogP contribution >= 0.6 is 11.6 Å². The normalized spacial score (nSPS) is 16.6. The van der Waals surface area contributed by atoms with E-state index in [4.69, 9.17) is 11.6 Å². The zero-order chi connectivity index (χ0) is 17.7. The van der Waals surface area contributed by atoms with Crippen molar-refractivity contribution in [3.63, 3.8) is 0 Å². The molecule has 2 N–H and O–H groups in total. The van der Waals surface area contributed by atoms with E-state index in [0.29, 0.717) is 23.8 Å². The molecule has 1 heterocycles. The fourth-order valence-electron chi connectivity index (χ4n) is 2.75. The van der Waals surface area contributed by atoms with Gasteiger partial charge in [0.05, 0.1) is 0 Å². The van der Waals surface area contributed by atoms with E-state index in [1.165, 1.54) is 0 Å². The van der Waals surface area contributed by atoms with Crippen LogP contribution in [0, 0.1) is 12.8 Å². The molecule has 24 heavy (non-hydrogen) atoms. The second-order valence-corrected chi connectivity index (χ2v) is 6.88. The molecule has 1 aliphatic heterocycles. The van der Waals surface area contributed by atoms with Crippen molar-refractivity contribution in [1.29, 1.82) is 0 Å². The average molecular weight is 352 g/mol. The lowest BCUT2D eigenvalue weighted by Crippen LogP contribution is -2.48. The zero-order valence-corrected chi connectivity index (χ0v) is 15.3. The summed E-state index contributed by atoms with van der Waals surface area (Å²) in [6.07, 6.45) is 2.42. The van der Waals surface area contributed by atoms with Crippen LogP contribution in [0.3, 0.4) is 0 Å². The van der Waals surface area contributed by atoms with E-state index in [2.05, 4.69) is 10.6 Å². The van der Waals surface area contributed by atoms with E-state index < -0.39 is 0 Å². The van der Waals surface area contributed by atoms with Crippen LogP contribution in [0.25, 0.3) is 0 Å². The molecule has 0 radical (unpaired) electrons. The number of urea groups is 1. The van der Waals surface area contributed by atoms with Gasteiger partial charge in [0, 0.05) is 35.8 Å². The third kappa shape index (κ3) is 4.87. The molecule has 0 aliphatic carbocycles. The molecule has 5 nitrogen and oxygen atoms in total. The molecule has 1 atom stereocenters. The highest BCUT2D eigenvalue weighted by Crippen LogP contribution is 2.20. The van der Waals surface area contributed by atoms with E-state index in [0.717, 1.165) is 24.8 Å². The molecule has 1 fully saturated rings. The SMILES string of the molecule is CC[C@H](C)C(=O)N1CCC(NC(=O)Nc2ccc(C)c(Cl)c2)CC1. The first-order chi connectivity index (χ1) is 11.4. The van der Waals surface area contributed by atoms with Crippen molar-refractivity contribution in [2.75, 3.05) is 18.4 Å². The maximum Gasteiger partial charge on any atom is 0.319 e. The highest BCUT2D eigenvalue weighted by Gasteiger charge is 2.25. The molecule has 1 saturated heterocycles. The van der Waals surface area contributed by atoms with Crippen molar-refractivity contribution >= 4 is 29.2 Å². The van der Waals surface area contributed by atoms with Gasteiger partial charge in [-0.2, -0.15) is 0 Å². The quantitative estimate of drug-likeness (QED) is 0.866. The minimum atomic E-state index is -0.235. The van der Waals surface area contributed by atoms with Gasteiger partial charge in [0.1, 0.15) is 0 Å². The summed E-state index contributed by atoms with van der Waals surface area (Å²) in [5.41, 5.74) is 1.65. The lowest BCUT2D eigenvalue weighted by molar-refractivity contribution is -0.136. The summed E-state index contributed by atoms with van der Waals surface area (Å²) < 4.78 is 0. The molecule has 0 aromatic heterocycles. The Morgan fingerprint density at radius 1 is 1.33 bits per heavy atom. The van der Waals surface area contributed by atoms with Crippen LogP contribution in [0.1, 0.15) is 38.7 Å². The lowest BCUT2D eigenvalue weighted by Gasteiger charge is -2.33. The predicted octanol–water partition coefficient (Wildman–Crippen LogP) is 3.81. The largest absolute Gasteiger partial charge is 0.342 e. The third-order valence-corrected chi connectivity index (χ3v) is 5.01.